The van der Waals surface area contributed by atoms with Crippen LogP contribution in [0.25, 0.3) is 0 Å². The lowest BCUT2D eigenvalue weighted by Gasteiger charge is -2.34. The summed E-state index contributed by atoms with van der Waals surface area (Å²) in [5, 5.41) is 10.9. The zero-order valence-electron chi connectivity index (χ0n) is 11.5. The molecule has 1 aliphatic rings. The summed E-state index contributed by atoms with van der Waals surface area (Å²) in [6.45, 7) is 2.68. The smallest absolute Gasteiger partial charge is 0.371 e. The van der Waals surface area contributed by atoms with E-state index in [0.29, 0.717) is 6.54 Å². The topological polar surface area (TPSA) is 70.8 Å². The van der Waals surface area contributed by atoms with Crippen molar-refractivity contribution in [2.45, 2.75) is 25.8 Å². The molecule has 0 radical (unpaired) electrons. The van der Waals surface area contributed by atoms with Crippen molar-refractivity contribution in [1.82, 2.24) is 4.90 Å². The average molecular weight is 305 g/mol. The van der Waals surface area contributed by atoms with Gasteiger partial charge in [0.05, 0.1) is 6.04 Å². The van der Waals surface area contributed by atoms with Crippen molar-refractivity contribution in [2.75, 3.05) is 6.54 Å². The van der Waals surface area contributed by atoms with Crippen LogP contribution < -0.4 is 0 Å². The summed E-state index contributed by atoms with van der Waals surface area (Å²) < 4.78 is 5.13. The minimum absolute atomic E-state index is 0.0332. The molecule has 0 fully saturated rings. The molecule has 0 unspecified atom stereocenters. The molecule has 0 bridgehead atoms. The van der Waals surface area contributed by atoms with Gasteiger partial charge < -0.3 is 14.4 Å². The highest BCUT2D eigenvalue weighted by molar-refractivity contribution is 7.10. The first-order valence-electron chi connectivity index (χ1n) is 6.82. The Kier molecular flexibility index (Phi) is 3.55. The molecule has 0 aliphatic carbocycles. The lowest BCUT2D eigenvalue weighted by atomic mass is 9.97. The van der Waals surface area contributed by atoms with E-state index in [0.717, 1.165) is 12.8 Å². The van der Waals surface area contributed by atoms with E-state index in [-0.39, 0.29) is 23.5 Å². The van der Waals surface area contributed by atoms with Gasteiger partial charge >= 0.3 is 5.97 Å². The van der Waals surface area contributed by atoms with Crippen LogP contribution in [0.15, 0.2) is 28.0 Å². The van der Waals surface area contributed by atoms with Crippen LogP contribution in [-0.4, -0.2) is 28.4 Å². The van der Waals surface area contributed by atoms with Crippen molar-refractivity contribution in [3.8, 4) is 0 Å². The number of hydrogen-bond acceptors (Lipinski definition) is 4. The summed E-state index contributed by atoms with van der Waals surface area (Å²) in [6, 6.07) is 4.85. The Morgan fingerprint density at radius 3 is 2.81 bits per heavy atom. The van der Waals surface area contributed by atoms with Crippen molar-refractivity contribution >= 4 is 23.2 Å². The fourth-order valence-corrected chi connectivity index (χ4v) is 3.72. The molecule has 0 spiro atoms. The average Bonchev–Trinajstić information content (AvgIpc) is 3.13. The minimum atomic E-state index is -1.17. The van der Waals surface area contributed by atoms with Gasteiger partial charge in [-0.05, 0) is 42.0 Å². The van der Waals surface area contributed by atoms with Crippen molar-refractivity contribution in [1.29, 1.82) is 0 Å². The highest BCUT2D eigenvalue weighted by atomic mass is 32.1. The number of fused-ring (bicyclic) bond motifs is 1. The van der Waals surface area contributed by atoms with Crippen molar-refractivity contribution in [3.05, 3.63) is 45.5 Å². The number of thiophene rings is 1. The second-order valence-corrected chi connectivity index (χ2v) is 5.94. The van der Waals surface area contributed by atoms with E-state index in [1.54, 1.807) is 16.2 Å². The molecule has 0 aromatic carbocycles. The summed E-state index contributed by atoms with van der Waals surface area (Å²) in [5.41, 5.74) is 1.20. The first-order valence-corrected chi connectivity index (χ1v) is 7.70. The summed E-state index contributed by atoms with van der Waals surface area (Å²) in [4.78, 5) is 26.5. The molecule has 0 saturated carbocycles. The zero-order chi connectivity index (χ0) is 15.0. The van der Waals surface area contributed by atoms with Gasteiger partial charge in [-0.15, -0.1) is 11.3 Å². The van der Waals surface area contributed by atoms with Gasteiger partial charge in [-0.2, -0.15) is 0 Å². The maximum atomic E-state index is 12.6. The molecule has 1 aliphatic heterocycles. The minimum Gasteiger partial charge on any atom is -0.475 e. The fourth-order valence-electron chi connectivity index (χ4n) is 2.79. The van der Waals surface area contributed by atoms with Gasteiger partial charge in [0.2, 0.25) is 5.76 Å². The molecular formula is C15H15NO4S. The number of carboxylic acids is 1. The van der Waals surface area contributed by atoms with Crippen LogP contribution in [0.1, 0.15) is 50.9 Å². The largest absolute Gasteiger partial charge is 0.475 e. The van der Waals surface area contributed by atoms with Crippen LogP contribution in [0.5, 0.6) is 0 Å². The van der Waals surface area contributed by atoms with Crippen LogP contribution in [0, 0.1) is 0 Å². The number of amides is 1. The summed E-state index contributed by atoms with van der Waals surface area (Å²) in [5.74, 6) is -1.53. The Bertz CT molecular complexity index is 687. The highest BCUT2D eigenvalue weighted by Crippen LogP contribution is 2.36. The molecule has 21 heavy (non-hydrogen) atoms. The number of hydrogen-bond donors (Lipinski definition) is 1. The molecule has 1 N–H and O–H groups in total. The lowest BCUT2D eigenvalue weighted by Crippen LogP contribution is -2.39. The molecular weight excluding hydrogens is 290 g/mol. The number of aromatic carboxylic acids is 1. The molecule has 2 aromatic rings. The number of carboxylic acid groups (broad SMARTS) is 1. The summed E-state index contributed by atoms with van der Waals surface area (Å²) in [7, 11) is 0. The van der Waals surface area contributed by atoms with Crippen molar-refractivity contribution < 1.29 is 19.1 Å². The maximum absolute atomic E-state index is 12.6. The van der Waals surface area contributed by atoms with Gasteiger partial charge in [-0.3, -0.25) is 4.79 Å². The van der Waals surface area contributed by atoms with E-state index in [1.165, 1.54) is 22.6 Å². The quantitative estimate of drug-likeness (QED) is 0.945. The van der Waals surface area contributed by atoms with Crippen LogP contribution in [0.4, 0.5) is 0 Å². The van der Waals surface area contributed by atoms with Crippen LogP contribution in [-0.2, 0) is 6.42 Å². The third-order valence-corrected chi connectivity index (χ3v) is 4.77. The molecule has 3 heterocycles. The molecule has 6 heteroatoms. The molecule has 2 aromatic heterocycles. The second kappa shape index (κ2) is 5.37. The Morgan fingerprint density at radius 2 is 2.14 bits per heavy atom. The standard InChI is InChI=1S/C15H15NO4S/c1-2-10-9-6-8-21-13(9)5-7-16(10)14(17)11-3-4-12(20-11)15(18)19/h3-4,6,8,10H,2,5,7H2,1H3,(H,18,19)/t10-/m1/s1. The van der Waals surface area contributed by atoms with E-state index in [9.17, 15) is 9.59 Å². The summed E-state index contributed by atoms with van der Waals surface area (Å²) >= 11 is 1.72. The van der Waals surface area contributed by atoms with Crippen LogP contribution in [0.2, 0.25) is 0 Å². The van der Waals surface area contributed by atoms with Crippen molar-refractivity contribution in [2.24, 2.45) is 0 Å². The number of rotatable bonds is 3. The Balaban J connectivity index is 1.89. The Morgan fingerprint density at radius 1 is 1.38 bits per heavy atom. The van der Waals surface area contributed by atoms with Crippen molar-refractivity contribution in [3.63, 3.8) is 0 Å². The SMILES string of the molecule is CC[C@@H]1c2ccsc2CCN1C(=O)c1ccc(C(=O)O)o1. The zero-order valence-corrected chi connectivity index (χ0v) is 12.4. The van der Waals surface area contributed by atoms with E-state index >= 15 is 0 Å². The molecule has 3 rings (SSSR count). The molecule has 1 atom stereocenters. The van der Waals surface area contributed by atoms with Crippen LogP contribution in [0.3, 0.4) is 0 Å². The lowest BCUT2D eigenvalue weighted by molar-refractivity contribution is 0.0606. The third kappa shape index (κ3) is 2.35. The molecule has 5 nitrogen and oxygen atoms in total. The molecule has 0 saturated heterocycles. The molecule has 110 valence electrons. The third-order valence-electron chi connectivity index (χ3n) is 3.77. The maximum Gasteiger partial charge on any atom is 0.371 e. The van der Waals surface area contributed by atoms with E-state index in [4.69, 9.17) is 9.52 Å². The van der Waals surface area contributed by atoms with E-state index in [1.807, 2.05) is 6.92 Å². The fraction of sp³-hybridized carbons (Fsp3) is 0.333. The first kappa shape index (κ1) is 13.9. The second-order valence-electron chi connectivity index (χ2n) is 4.94. The summed E-state index contributed by atoms with van der Waals surface area (Å²) in [6.07, 6.45) is 1.66. The Hall–Kier alpha value is -2.08. The monoisotopic (exact) mass is 305 g/mol. The highest BCUT2D eigenvalue weighted by Gasteiger charge is 2.32. The van der Waals surface area contributed by atoms with Gasteiger partial charge in [0.15, 0.2) is 5.76 Å². The predicted octanol–water partition coefficient (Wildman–Crippen LogP) is 3.19. The number of carbonyl (C=O) groups excluding carboxylic acids is 1. The van der Waals surface area contributed by atoms with Crippen LogP contribution >= 0.6 is 11.3 Å². The predicted molar refractivity (Wildman–Crippen MR) is 77.8 cm³/mol. The van der Waals surface area contributed by atoms with Gasteiger partial charge in [0.25, 0.3) is 5.91 Å². The Labute approximate surface area is 125 Å². The van der Waals surface area contributed by atoms with Gasteiger partial charge in [-0.25, -0.2) is 4.79 Å². The van der Waals surface area contributed by atoms with Gasteiger partial charge in [-0.1, -0.05) is 6.92 Å². The van der Waals surface area contributed by atoms with Gasteiger partial charge in [0, 0.05) is 11.4 Å². The number of carbonyl (C=O) groups is 2. The molecule has 1 amide bonds. The van der Waals surface area contributed by atoms with E-state index in [2.05, 4.69) is 11.4 Å². The number of nitrogens with zero attached hydrogens (tertiary/aromatic N) is 1. The van der Waals surface area contributed by atoms with Gasteiger partial charge in [0.1, 0.15) is 0 Å². The first-order chi connectivity index (χ1) is 10.1. The number of furan rings is 1. The van der Waals surface area contributed by atoms with E-state index < -0.39 is 5.97 Å². The normalized spacial score (nSPS) is 17.6.